The normalized spacial score (nSPS) is 37.6. The summed E-state index contributed by atoms with van der Waals surface area (Å²) in [6.45, 7) is 4.18. The summed E-state index contributed by atoms with van der Waals surface area (Å²) in [5, 5.41) is 0. The van der Waals surface area contributed by atoms with Crippen LogP contribution >= 0.6 is 0 Å². The minimum Gasteiger partial charge on any atom is -0.0533 e. The van der Waals surface area contributed by atoms with Crippen LogP contribution in [0.5, 0.6) is 0 Å². The fourth-order valence-electron chi connectivity index (χ4n) is 3.27. The van der Waals surface area contributed by atoms with Crippen molar-refractivity contribution in [2.24, 2.45) is 17.8 Å². The zero-order valence-corrected chi connectivity index (χ0v) is 8.80. The molecule has 2 aliphatic rings. The van der Waals surface area contributed by atoms with Gasteiger partial charge in [-0.2, -0.15) is 0 Å². The summed E-state index contributed by atoms with van der Waals surface area (Å²) < 4.78 is 0. The molecule has 0 bridgehead atoms. The van der Waals surface area contributed by atoms with Gasteiger partial charge < -0.3 is 0 Å². The van der Waals surface area contributed by atoms with Gasteiger partial charge in [-0.3, -0.25) is 0 Å². The highest BCUT2D eigenvalue weighted by Crippen LogP contribution is 2.39. The van der Waals surface area contributed by atoms with Gasteiger partial charge in [0, 0.05) is 0 Å². The van der Waals surface area contributed by atoms with Gasteiger partial charge in [-0.25, -0.2) is 0 Å². The Morgan fingerprint density at radius 2 is 1.15 bits per heavy atom. The molecule has 0 aliphatic heterocycles. The van der Waals surface area contributed by atoms with Gasteiger partial charge in [-0.05, 0) is 30.6 Å². The summed E-state index contributed by atoms with van der Waals surface area (Å²) in [5.74, 6) is 2.96. The topological polar surface area (TPSA) is 0 Å². The van der Waals surface area contributed by atoms with Crippen molar-refractivity contribution < 1.29 is 0 Å². The minimum atomic E-state index is 0.778. The number of hydrogen-bond acceptors (Lipinski definition) is 0. The van der Waals surface area contributed by atoms with Crippen LogP contribution in [0.4, 0.5) is 0 Å². The first kappa shape index (κ1) is 9.55. The monoisotopic (exact) mass is 179 g/mol. The van der Waals surface area contributed by atoms with E-state index in [4.69, 9.17) is 0 Å². The standard InChI is InChI=1S/C13H23/c1-11-7-9-13(10-8-11)12-5-3-2-4-6-12/h11-13H,1-10H2. The van der Waals surface area contributed by atoms with Crippen molar-refractivity contribution in [2.45, 2.75) is 57.8 Å². The molecule has 0 nitrogen and oxygen atoms in total. The maximum atomic E-state index is 4.18. The minimum absolute atomic E-state index is 0.778. The first-order valence-corrected chi connectivity index (χ1v) is 6.19. The van der Waals surface area contributed by atoms with E-state index >= 15 is 0 Å². The van der Waals surface area contributed by atoms with E-state index < -0.39 is 0 Å². The van der Waals surface area contributed by atoms with E-state index in [1.807, 2.05) is 0 Å². The lowest BCUT2D eigenvalue weighted by atomic mass is 9.71. The zero-order valence-electron chi connectivity index (χ0n) is 8.80. The molecule has 75 valence electrons. The smallest absolute Gasteiger partial charge is 0.0386 e. The fourth-order valence-corrected chi connectivity index (χ4v) is 3.27. The van der Waals surface area contributed by atoms with E-state index in [0.717, 1.165) is 17.8 Å². The Bertz CT molecular complexity index is 136. The van der Waals surface area contributed by atoms with Crippen LogP contribution in [0.25, 0.3) is 0 Å². The maximum absolute atomic E-state index is 4.18. The van der Waals surface area contributed by atoms with Gasteiger partial charge in [0.2, 0.25) is 0 Å². The predicted molar refractivity (Wildman–Crippen MR) is 57.4 cm³/mol. The van der Waals surface area contributed by atoms with Gasteiger partial charge in [0.1, 0.15) is 0 Å². The molecule has 0 N–H and O–H groups in total. The van der Waals surface area contributed by atoms with Crippen LogP contribution in [0, 0.1) is 24.7 Å². The third-order valence-corrected chi connectivity index (χ3v) is 4.21. The van der Waals surface area contributed by atoms with Crippen molar-refractivity contribution >= 4 is 0 Å². The molecule has 0 aromatic rings. The molecule has 0 atom stereocenters. The maximum Gasteiger partial charge on any atom is -0.0386 e. The van der Waals surface area contributed by atoms with Crippen LogP contribution in [0.3, 0.4) is 0 Å². The van der Waals surface area contributed by atoms with Crippen LogP contribution in [0.1, 0.15) is 57.8 Å². The molecule has 1 radical (unpaired) electrons. The molecule has 0 aromatic heterocycles. The van der Waals surface area contributed by atoms with Crippen molar-refractivity contribution in [1.82, 2.24) is 0 Å². The third-order valence-electron chi connectivity index (χ3n) is 4.21. The Labute approximate surface area is 83.1 Å². The Morgan fingerprint density at radius 1 is 0.615 bits per heavy atom. The molecule has 13 heavy (non-hydrogen) atoms. The highest BCUT2D eigenvalue weighted by atomic mass is 14.3. The van der Waals surface area contributed by atoms with Gasteiger partial charge in [-0.15, -0.1) is 0 Å². The van der Waals surface area contributed by atoms with Crippen LogP contribution < -0.4 is 0 Å². The van der Waals surface area contributed by atoms with Crippen LogP contribution in [0.2, 0.25) is 0 Å². The SMILES string of the molecule is [CH2]C1CCC(C2CCCCC2)CC1. The second-order valence-corrected chi connectivity index (χ2v) is 5.18. The molecule has 0 heteroatoms. The van der Waals surface area contributed by atoms with Crippen molar-refractivity contribution in [3.63, 3.8) is 0 Å². The molecule has 0 heterocycles. The Kier molecular flexibility index (Phi) is 3.29. The van der Waals surface area contributed by atoms with Crippen LogP contribution in [0.15, 0.2) is 0 Å². The molecule has 0 unspecified atom stereocenters. The van der Waals surface area contributed by atoms with E-state index in [9.17, 15) is 0 Å². The predicted octanol–water partition coefficient (Wildman–Crippen LogP) is 4.21. The summed E-state index contributed by atoms with van der Waals surface area (Å²) in [6, 6.07) is 0. The van der Waals surface area contributed by atoms with E-state index in [-0.39, 0.29) is 0 Å². The molecule has 0 amide bonds. The highest BCUT2D eigenvalue weighted by molar-refractivity contribution is 4.80. The van der Waals surface area contributed by atoms with Crippen molar-refractivity contribution in [3.05, 3.63) is 6.92 Å². The second kappa shape index (κ2) is 4.48. The quantitative estimate of drug-likeness (QED) is 0.565. The molecular weight excluding hydrogens is 156 g/mol. The molecule has 2 rings (SSSR count). The second-order valence-electron chi connectivity index (χ2n) is 5.18. The first-order valence-electron chi connectivity index (χ1n) is 6.19. The molecular formula is C13H23. The summed E-state index contributed by atoms with van der Waals surface area (Å²) in [4.78, 5) is 0. The Hall–Kier alpha value is 0. The first-order chi connectivity index (χ1) is 6.36. The highest BCUT2D eigenvalue weighted by Gasteiger charge is 2.26. The average molecular weight is 179 g/mol. The van der Waals surface area contributed by atoms with E-state index in [0.29, 0.717) is 0 Å². The lowest BCUT2D eigenvalue weighted by molar-refractivity contribution is 0.179. The van der Waals surface area contributed by atoms with Crippen molar-refractivity contribution in [3.8, 4) is 0 Å². The largest absolute Gasteiger partial charge is 0.0533 e. The van der Waals surface area contributed by atoms with E-state index in [2.05, 4.69) is 6.92 Å². The van der Waals surface area contributed by atoms with Gasteiger partial charge in [0.05, 0.1) is 0 Å². The lowest BCUT2D eigenvalue weighted by Gasteiger charge is -2.34. The fraction of sp³-hybridized carbons (Fsp3) is 0.923. The Morgan fingerprint density at radius 3 is 1.77 bits per heavy atom. The molecule has 2 saturated carbocycles. The molecule has 0 spiro atoms. The van der Waals surface area contributed by atoms with Crippen LogP contribution in [-0.4, -0.2) is 0 Å². The third kappa shape index (κ3) is 2.48. The van der Waals surface area contributed by atoms with Gasteiger partial charge in [0.25, 0.3) is 0 Å². The van der Waals surface area contributed by atoms with Gasteiger partial charge in [0.15, 0.2) is 0 Å². The lowest BCUT2D eigenvalue weighted by Crippen LogP contribution is -2.22. The van der Waals surface area contributed by atoms with Gasteiger partial charge in [-0.1, -0.05) is 51.9 Å². The van der Waals surface area contributed by atoms with Crippen molar-refractivity contribution in [2.75, 3.05) is 0 Å². The molecule has 0 aromatic carbocycles. The van der Waals surface area contributed by atoms with Gasteiger partial charge >= 0.3 is 0 Å². The summed E-state index contributed by atoms with van der Waals surface area (Å²) in [5.41, 5.74) is 0. The summed E-state index contributed by atoms with van der Waals surface area (Å²) >= 11 is 0. The number of hydrogen-bond donors (Lipinski definition) is 0. The average Bonchev–Trinajstić information content (AvgIpc) is 2.20. The zero-order chi connectivity index (χ0) is 9.10. The van der Waals surface area contributed by atoms with E-state index in [1.165, 1.54) is 57.8 Å². The van der Waals surface area contributed by atoms with E-state index in [1.54, 1.807) is 0 Å². The summed E-state index contributed by atoms with van der Waals surface area (Å²) in [6.07, 6.45) is 13.4. The number of rotatable bonds is 1. The molecule has 2 aliphatic carbocycles. The molecule has 2 fully saturated rings. The van der Waals surface area contributed by atoms with Crippen molar-refractivity contribution in [1.29, 1.82) is 0 Å². The van der Waals surface area contributed by atoms with Crippen LogP contribution in [-0.2, 0) is 0 Å². The summed E-state index contributed by atoms with van der Waals surface area (Å²) in [7, 11) is 0. The molecule has 0 saturated heterocycles. The Balaban J connectivity index is 1.79.